The van der Waals surface area contributed by atoms with Crippen LogP contribution in [0.25, 0.3) is 0 Å². The number of carbonyl (C=O) groups excluding carboxylic acids is 2. The second-order valence-electron chi connectivity index (χ2n) is 6.38. The fourth-order valence-corrected chi connectivity index (χ4v) is 2.80. The number of aliphatic carboxylic acids is 1. The molecule has 1 saturated carbocycles. The fourth-order valence-electron chi connectivity index (χ4n) is 2.80. The molecule has 3 N–H and O–H groups in total. The largest absolute Gasteiger partial charge is 0.481 e. The van der Waals surface area contributed by atoms with Crippen LogP contribution in [0.15, 0.2) is 24.3 Å². The number of hydrogen-bond acceptors (Lipinski definition) is 3. The SMILES string of the molecule is CN(CCC(=O)O)C(=O)Nc1ccc(C(=O)NC2CCCCC2)cc1. The lowest BCUT2D eigenvalue weighted by molar-refractivity contribution is -0.137. The van der Waals surface area contributed by atoms with Crippen molar-refractivity contribution < 1.29 is 19.5 Å². The highest BCUT2D eigenvalue weighted by atomic mass is 16.4. The van der Waals surface area contributed by atoms with Crippen LogP contribution >= 0.6 is 0 Å². The molecule has 0 bridgehead atoms. The number of urea groups is 1. The van der Waals surface area contributed by atoms with E-state index in [-0.39, 0.29) is 30.9 Å². The van der Waals surface area contributed by atoms with Crippen LogP contribution in [0.2, 0.25) is 0 Å². The summed E-state index contributed by atoms with van der Waals surface area (Å²) in [5.74, 6) is -1.05. The molecule has 25 heavy (non-hydrogen) atoms. The van der Waals surface area contributed by atoms with Crippen molar-refractivity contribution in [1.29, 1.82) is 0 Å². The Morgan fingerprint density at radius 1 is 1.12 bits per heavy atom. The van der Waals surface area contributed by atoms with Gasteiger partial charge in [0, 0.05) is 30.9 Å². The highest BCUT2D eigenvalue weighted by Crippen LogP contribution is 2.18. The molecule has 0 heterocycles. The Balaban J connectivity index is 1.85. The number of benzene rings is 1. The summed E-state index contributed by atoms with van der Waals surface area (Å²) in [6.07, 6.45) is 5.51. The molecule has 7 heteroatoms. The highest BCUT2D eigenvalue weighted by molar-refractivity contribution is 5.95. The zero-order valence-electron chi connectivity index (χ0n) is 14.5. The predicted molar refractivity (Wildman–Crippen MR) is 94.7 cm³/mol. The first-order valence-electron chi connectivity index (χ1n) is 8.60. The molecule has 2 rings (SSSR count). The summed E-state index contributed by atoms with van der Waals surface area (Å²) in [5.41, 5.74) is 1.11. The average molecular weight is 347 g/mol. The summed E-state index contributed by atoms with van der Waals surface area (Å²) in [6.45, 7) is 0.128. The first-order valence-corrected chi connectivity index (χ1v) is 8.60. The van der Waals surface area contributed by atoms with Crippen molar-refractivity contribution in [2.75, 3.05) is 18.9 Å². The normalized spacial score (nSPS) is 14.6. The molecular weight excluding hydrogens is 322 g/mol. The molecule has 0 saturated heterocycles. The quantitative estimate of drug-likeness (QED) is 0.737. The van der Waals surface area contributed by atoms with Crippen molar-refractivity contribution in [3.05, 3.63) is 29.8 Å². The Bertz CT molecular complexity index is 609. The molecule has 0 radical (unpaired) electrons. The maximum Gasteiger partial charge on any atom is 0.321 e. The van der Waals surface area contributed by atoms with Gasteiger partial charge in [-0.25, -0.2) is 4.79 Å². The van der Waals surface area contributed by atoms with E-state index >= 15 is 0 Å². The van der Waals surface area contributed by atoms with Gasteiger partial charge in [-0.15, -0.1) is 0 Å². The van der Waals surface area contributed by atoms with E-state index in [1.54, 1.807) is 24.3 Å². The van der Waals surface area contributed by atoms with Crippen molar-refractivity contribution in [2.45, 2.75) is 44.6 Å². The summed E-state index contributed by atoms with van der Waals surface area (Å²) in [5, 5.41) is 14.4. The number of rotatable bonds is 6. The molecule has 3 amide bonds. The van der Waals surface area contributed by atoms with Gasteiger partial charge in [0.15, 0.2) is 0 Å². The summed E-state index contributed by atoms with van der Waals surface area (Å²) < 4.78 is 0. The van der Waals surface area contributed by atoms with Gasteiger partial charge in [-0.05, 0) is 37.1 Å². The molecule has 0 spiro atoms. The van der Waals surface area contributed by atoms with E-state index in [0.29, 0.717) is 11.3 Å². The van der Waals surface area contributed by atoms with Gasteiger partial charge < -0.3 is 20.6 Å². The van der Waals surface area contributed by atoms with Gasteiger partial charge in [0.1, 0.15) is 0 Å². The van der Waals surface area contributed by atoms with E-state index in [4.69, 9.17) is 5.11 Å². The zero-order valence-corrected chi connectivity index (χ0v) is 14.5. The monoisotopic (exact) mass is 347 g/mol. The van der Waals surface area contributed by atoms with Gasteiger partial charge in [0.2, 0.25) is 0 Å². The average Bonchev–Trinajstić information content (AvgIpc) is 2.61. The molecule has 0 aliphatic heterocycles. The topological polar surface area (TPSA) is 98.7 Å². The molecule has 0 aromatic heterocycles. The summed E-state index contributed by atoms with van der Waals surface area (Å²) >= 11 is 0. The lowest BCUT2D eigenvalue weighted by Crippen LogP contribution is -2.36. The fraction of sp³-hybridized carbons (Fsp3) is 0.500. The number of carbonyl (C=O) groups is 3. The zero-order chi connectivity index (χ0) is 18.2. The molecule has 0 unspecified atom stereocenters. The molecule has 1 fully saturated rings. The minimum Gasteiger partial charge on any atom is -0.481 e. The van der Waals surface area contributed by atoms with Crippen LogP contribution < -0.4 is 10.6 Å². The minimum atomic E-state index is -0.951. The first-order chi connectivity index (χ1) is 12.0. The lowest BCUT2D eigenvalue weighted by atomic mass is 9.95. The van der Waals surface area contributed by atoms with Crippen molar-refractivity contribution >= 4 is 23.6 Å². The van der Waals surface area contributed by atoms with Gasteiger partial charge in [-0.3, -0.25) is 9.59 Å². The third kappa shape index (κ3) is 6.10. The number of carboxylic acid groups (broad SMARTS) is 1. The van der Waals surface area contributed by atoms with Crippen LogP contribution in [-0.4, -0.2) is 47.5 Å². The molecular formula is C18H25N3O4. The first kappa shape index (κ1) is 18.8. The molecule has 0 atom stereocenters. The number of anilines is 1. The second kappa shape index (κ2) is 9.05. The molecule has 1 aromatic rings. The molecule has 1 aliphatic rings. The number of amides is 3. The standard InChI is InChI=1S/C18H25N3O4/c1-21(12-11-16(22)23)18(25)20-15-9-7-13(8-10-15)17(24)19-14-5-3-2-4-6-14/h7-10,14H,2-6,11-12H2,1H3,(H,19,24)(H,20,25)(H,22,23). The van der Waals surface area contributed by atoms with Crippen LogP contribution in [0, 0.1) is 0 Å². The van der Waals surface area contributed by atoms with Gasteiger partial charge >= 0.3 is 12.0 Å². The number of nitrogens with zero attached hydrogens (tertiary/aromatic N) is 1. The predicted octanol–water partition coefficient (Wildman–Crippen LogP) is 2.69. The highest BCUT2D eigenvalue weighted by Gasteiger charge is 2.17. The lowest BCUT2D eigenvalue weighted by Gasteiger charge is -2.22. The third-order valence-corrected chi connectivity index (χ3v) is 4.35. The van der Waals surface area contributed by atoms with Gasteiger partial charge in [0.25, 0.3) is 5.91 Å². The van der Waals surface area contributed by atoms with Gasteiger partial charge in [-0.2, -0.15) is 0 Å². The van der Waals surface area contributed by atoms with Crippen LogP contribution in [-0.2, 0) is 4.79 Å². The van der Waals surface area contributed by atoms with E-state index in [9.17, 15) is 14.4 Å². The van der Waals surface area contributed by atoms with Crippen LogP contribution in [0.3, 0.4) is 0 Å². The molecule has 136 valence electrons. The molecule has 7 nitrogen and oxygen atoms in total. The maximum absolute atomic E-state index is 12.2. The molecule has 1 aliphatic carbocycles. The Kier molecular flexibility index (Phi) is 6.80. The summed E-state index contributed by atoms with van der Waals surface area (Å²) in [4.78, 5) is 36.0. The van der Waals surface area contributed by atoms with Crippen molar-refractivity contribution in [3.63, 3.8) is 0 Å². The van der Waals surface area contributed by atoms with E-state index < -0.39 is 5.97 Å². The Morgan fingerprint density at radius 3 is 2.36 bits per heavy atom. The van der Waals surface area contributed by atoms with Crippen LogP contribution in [0.1, 0.15) is 48.9 Å². The van der Waals surface area contributed by atoms with Gasteiger partial charge in [-0.1, -0.05) is 19.3 Å². The van der Waals surface area contributed by atoms with E-state index in [2.05, 4.69) is 10.6 Å². The van der Waals surface area contributed by atoms with E-state index in [0.717, 1.165) is 25.7 Å². The number of nitrogens with one attached hydrogen (secondary N) is 2. The third-order valence-electron chi connectivity index (χ3n) is 4.35. The van der Waals surface area contributed by atoms with E-state index in [1.165, 1.54) is 18.4 Å². The van der Waals surface area contributed by atoms with Crippen LogP contribution in [0.5, 0.6) is 0 Å². The summed E-state index contributed by atoms with van der Waals surface area (Å²) in [7, 11) is 1.53. The van der Waals surface area contributed by atoms with Crippen molar-refractivity contribution in [2.24, 2.45) is 0 Å². The Hall–Kier alpha value is -2.57. The maximum atomic E-state index is 12.2. The van der Waals surface area contributed by atoms with Crippen molar-refractivity contribution in [3.8, 4) is 0 Å². The van der Waals surface area contributed by atoms with E-state index in [1.807, 2.05) is 0 Å². The van der Waals surface area contributed by atoms with Gasteiger partial charge in [0.05, 0.1) is 6.42 Å². The smallest absolute Gasteiger partial charge is 0.321 e. The molecule has 1 aromatic carbocycles. The number of hydrogen-bond donors (Lipinski definition) is 3. The Labute approximate surface area is 147 Å². The van der Waals surface area contributed by atoms with Crippen molar-refractivity contribution in [1.82, 2.24) is 10.2 Å². The summed E-state index contributed by atoms with van der Waals surface area (Å²) in [6, 6.07) is 6.54. The van der Waals surface area contributed by atoms with Crippen LogP contribution in [0.4, 0.5) is 10.5 Å². The number of carboxylic acids is 1. The minimum absolute atomic E-state index is 0.0941. The Morgan fingerprint density at radius 2 is 1.76 bits per heavy atom. The second-order valence-corrected chi connectivity index (χ2v) is 6.38.